The SMILES string of the molecule is CCCC(N)C(CO)N1CCC2CCC(C1)N2C. The highest BCUT2D eigenvalue weighted by Crippen LogP contribution is 2.29. The summed E-state index contributed by atoms with van der Waals surface area (Å²) in [5.41, 5.74) is 6.24. The van der Waals surface area contributed by atoms with Crippen molar-refractivity contribution in [3.63, 3.8) is 0 Å². The zero-order valence-corrected chi connectivity index (χ0v) is 11.9. The summed E-state index contributed by atoms with van der Waals surface area (Å²) in [6.07, 6.45) is 5.98. The molecule has 2 saturated heterocycles. The Morgan fingerprint density at radius 1 is 1.28 bits per heavy atom. The van der Waals surface area contributed by atoms with Crippen LogP contribution in [0.3, 0.4) is 0 Å². The zero-order valence-electron chi connectivity index (χ0n) is 11.9. The van der Waals surface area contributed by atoms with E-state index in [0.29, 0.717) is 6.04 Å². The van der Waals surface area contributed by atoms with Crippen molar-refractivity contribution in [2.75, 3.05) is 26.7 Å². The predicted octanol–water partition coefficient (Wildman–Crippen LogP) is 0.643. The summed E-state index contributed by atoms with van der Waals surface area (Å²) in [4.78, 5) is 4.99. The summed E-state index contributed by atoms with van der Waals surface area (Å²) in [5, 5.41) is 9.67. The van der Waals surface area contributed by atoms with Gasteiger partial charge in [0.15, 0.2) is 0 Å². The smallest absolute Gasteiger partial charge is 0.0601 e. The van der Waals surface area contributed by atoms with Gasteiger partial charge in [0.05, 0.1) is 6.61 Å². The van der Waals surface area contributed by atoms with Crippen LogP contribution in [0, 0.1) is 0 Å². The molecule has 0 aromatic rings. The minimum absolute atomic E-state index is 0.113. The quantitative estimate of drug-likeness (QED) is 0.757. The van der Waals surface area contributed by atoms with Crippen LogP contribution >= 0.6 is 0 Å². The van der Waals surface area contributed by atoms with Gasteiger partial charge >= 0.3 is 0 Å². The van der Waals surface area contributed by atoms with Crippen molar-refractivity contribution < 1.29 is 5.11 Å². The average Bonchev–Trinajstić information content (AvgIpc) is 2.57. The Morgan fingerprint density at radius 2 is 2.00 bits per heavy atom. The molecular formula is C14H29N3O. The lowest BCUT2D eigenvalue weighted by Gasteiger charge is -2.35. The number of rotatable bonds is 5. The molecule has 2 aliphatic rings. The summed E-state index contributed by atoms with van der Waals surface area (Å²) < 4.78 is 0. The first kappa shape index (κ1) is 14.3. The molecule has 2 aliphatic heterocycles. The van der Waals surface area contributed by atoms with Crippen molar-refractivity contribution in [2.24, 2.45) is 5.73 Å². The van der Waals surface area contributed by atoms with E-state index in [9.17, 15) is 5.11 Å². The Kier molecular flexibility index (Phi) is 5.01. The van der Waals surface area contributed by atoms with Crippen molar-refractivity contribution in [2.45, 2.75) is 63.2 Å². The van der Waals surface area contributed by atoms with Crippen LogP contribution in [0.25, 0.3) is 0 Å². The van der Waals surface area contributed by atoms with Gasteiger partial charge in [-0.25, -0.2) is 0 Å². The number of aliphatic hydroxyl groups excluding tert-OH is 1. The number of nitrogens with zero attached hydrogens (tertiary/aromatic N) is 2. The number of hydrogen-bond acceptors (Lipinski definition) is 4. The molecule has 0 spiro atoms. The van der Waals surface area contributed by atoms with Crippen molar-refractivity contribution >= 4 is 0 Å². The molecule has 2 rings (SSSR count). The molecular weight excluding hydrogens is 226 g/mol. The van der Waals surface area contributed by atoms with Crippen LogP contribution in [-0.2, 0) is 0 Å². The van der Waals surface area contributed by atoms with Gasteiger partial charge in [-0.05, 0) is 32.7 Å². The van der Waals surface area contributed by atoms with Gasteiger partial charge in [-0.2, -0.15) is 0 Å². The second-order valence-corrected chi connectivity index (χ2v) is 6.04. The zero-order chi connectivity index (χ0) is 13.1. The third-order valence-corrected chi connectivity index (χ3v) is 4.95. The normalized spacial score (nSPS) is 33.3. The summed E-state index contributed by atoms with van der Waals surface area (Å²) >= 11 is 0. The van der Waals surface area contributed by atoms with Gasteiger partial charge in [0.2, 0.25) is 0 Å². The maximum absolute atomic E-state index is 9.67. The third kappa shape index (κ3) is 2.87. The van der Waals surface area contributed by atoms with E-state index in [0.717, 1.165) is 32.0 Å². The van der Waals surface area contributed by atoms with Gasteiger partial charge in [-0.1, -0.05) is 13.3 Å². The maximum Gasteiger partial charge on any atom is 0.0601 e. The second kappa shape index (κ2) is 6.33. The van der Waals surface area contributed by atoms with Crippen LogP contribution in [0.15, 0.2) is 0 Å². The average molecular weight is 255 g/mol. The van der Waals surface area contributed by atoms with Gasteiger partial charge in [0, 0.05) is 37.3 Å². The summed E-state index contributed by atoms with van der Waals surface area (Å²) in [6, 6.07) is 1.68. The van der Waals surface area contributed by atoms with E-state index in [1.165, 1.54) is 19.3 Å². The van der Waals surface area contributed by atoms with Crippen LogP contribution in [0.4, 0.5) is 0 Å². The summed E-state index contributed by atoms with van der Waals surface area (Å²) in [7, 11) is 2.26. The Hall–Kier alpha value is -0.160. The van der Waals surface area contributed by atoms with E-state index in [2.05, 4.69) is 23.8 Å². The van der Waals surface area contributed by atoms with Crippen LogP contribution in [0.2, 0.25) is 0 Å². The molecule has 0 aromatic carbocycles. The molecule has 0 saturated carbocycles. The minimum atomic E-state index is 0.113. The van der Waals surface area contributed by atoms with Gasteiger partial charge in [-0.3, -0.25) is 9.80 Å². The van der Waals surface area contributed by atoms with Crippen molar-refractivity contribution in [3.05, 3.63) is 0 Å². The molecule has 2 heterocycles. The highest BCUT2D eigenvalue weighted by atomic mass is 16.3. The molecule has 4 nitrogen and oxygen atoms in total. The lowest BCUT2D eigenvalue weighted by atomic mass is 10.0. The molecule has 0 aromatic heterocycles. The molecule has 0 radical (unpaired) electrons. The van der Waals surface area contributed by atoms with Gasteiger partial charge in [0.1, 0.15) is 0 Å². The summed E-state index contributed by atoms with van der Waals surface area (Å²) in [5.74, 6) is 0. The lowest BCUT2D eigenvalue weighted by molar-refractivity contribution is 0.0923. The van der Waals surface area contributed by atoms with E-state index in [1.54, 1.807) is 0 Å². The van der Waals surface area contributed by atoms with Gasteiger partial charge < -0.3 is 10.8 Å². The van der Waals surface area contributed by atoms with E-state index in [1.807, 2.05) is 0 Å². The maximum atomic E-state index is 9.67. The van der Waals surface area contributed by atoms with Gasteiger partial charge in [-0.15, -0.1) is 0 Å². The van der Waals surface area contributed by atoms with Crippen LogP contribution in [0.5, 0.6) is 0 Å². The molecule has 4 heteroatoms. The van der Waals surface area contributed by atoms with Gasteiger partial charge in [0.25, 0.3) is 0 Å². The highest BCUT2D eigenvalue weighted by Gasteiger charge is 2.37. The highest BCUT2D eigenvalue weighted by molar-refractivity contribution is 4.94. The molecule has 3 N–H and O–H groups in total. The lowest BCUT2D eigenvalue weighted by Crippen LogP contribution is -2.52. The number of aliphatic hydroxyl groups is 1. The molecule has 0 aliphatic carbocycles. The van der Waals surface area contributed by atoms with Crippen molar-refractivity contribution in [3.8, 4) is 0 Å². The molecule has 2 bridgehead atoms. The number of likely N-dealkylation sites (N-methyl/N-ethyl adjacent to an activating group) is 1. The molecule has 18 heavy (non-hydrogen) atoms. The minimum Gasteiger partial charge on any atom is -0.395 e. The molecule has 4 unspecified atom stereocenters. The Morgan fingerprint density at radius 3 is 2.67 bits per heavy atom. The van der Waals surface area contributed by atoms with Crippen LogP contribution < -0.4 is 5.73 Å². The monoisotopic (exact) mass is 255 g/mol. The molecule has 106 valence electrons. The molecule has 2 fully saturated rings. The fourth-order valence-corrected chi connectivity index (χ4v) is 3.68. The largest absolute Gasteiger partial charge is 0.395 e. The Balaban J connectivity index is 1.99. The molecule has 4 atom stereocenters. The van der Waals surface area contributed by atoms with Crippen molar-refractivity contribution in [1.29, 1.82) is 0 Å². The number of fused-ring (bicyclic) bond motifs is 2. The number of nitrogens with two attached hydrogens (primary N) is 1. The number of hydrogen-bond donors (Lipinski definition) is 2. The fourth-order valence-electron chi connectivity index (χ4n) is 3.68. The Bertz CT molecular complexity index is 261. The predicted molar refractivity (Wildman–Crippen MR) is 74.5 cm³/mol. The second-order valence-electron chi connectivity index (χ2n) is 6.04. The fraction of sp³-hybridized carbons (Fsp3) is 1.00. The van der Waals surface area contributed by atoms with E-state index >= 15 is 0 Å². The van der Waals surface area contributed by atoms with Crippen LogP contribution in [-0.4, -0.2) is 65.8 Å². The van der Waals surface area contributed by atoms with E-state index in [4.69, 9.17) is 5.73 Å². The van der Waals surface area contributed by atoms with Crippen LogP contribution in [0.1, 0.15) is 39.0 Å². The topological polar surface area (TPSA) is 52.7 Å². The van der Waals surface area contributed by atoms with Crippen molar-refractivity contribution in [1.82, 2.24) is 9.80 Å². The first-order valence-electron chi connectivity index (χ1n) is 7.49. The summed E-state index contributed by atoms with van der Waals surface area (Å²) in [6.45, 7) is 4.53. The number of likely N-dealkylation sites (tertiary alicyclic amines) is 1. The molecule has 0 amide bonds. The Labute approximate surface area is 111 Å². The van der Waals surface area contributed by atoms with E-state index < -0.39 is 0 Å². The first-order chi connectivity index (χ1) is 8.67. The standard InChI is InChI=1S/C14H29N3O/c1-3-4-13(15)14(10-18)17-8-7-11-5-6-12(9-17)16(11)2/h11-14,18H,3-10,15H2,1-2H3. The first-order valence-corrected chi connectivity index (χ1v) is 7.49. The third-order valence-electron chi connectivity index (χ3n) is 4.95. The van der Waals surface area contributed by atoms with E-state index in [-0.39, 0.29) is 18.7 Å².